The van der Waals surface area contributed by atoms with Crippen molar-refractivity contribution in [2.45, 2.75) is 37.3 Å². The van der Waals surface area contributed by atoms with Crippen LogP contribution < -0.4 is 46.2 Å². The third-order valence-corrected chi connectivity index (χ3v) is 11.7. The molecule has 4 heterocycles. The summed E-state index contributed by atoms with van der Waals surface area (Å²) in [7, 11) is 0. The van der Waals surface area contributed by atoms with Crippen LogP contribution in [0.15, 0.2) is 72.8 Å². The Morgan fingerprint density at radius 2 is 1.24 bits per heavy atom. The molecular weight excluding hydrogens is 1080 g/mol. The number of benzene rings is 4. The van der Waals surface area contributed by atoms with Gasteiger partial charge >= 0.3 is 18.1 Å². The van der Waals surface area contributed by atoms with E-state index in [4.69, 9.17) is 86.2 Å². The molecule has 402 valence electrons. The minimum absolute atomic E-state index is 0.00433. The van der Waals surface area contributed by atoms with Crippen LogP contribution in [0.5, 0.6) is 23.0 Å². The van der Waals surface area contributed by atoms with E-state index in [1.54, 1.807) is 46.4 Å². The van der Waals surface area contributed by atoms with Gasteiger partial charge in [-0.1, -0.05) is 46.4 Å². The van der Waals surface area contributed by atoms with E-state index in [0.29, 0.717) is 73.1 Å². The first kappa shape index (κ1) is 58.8. The van der Waals surface area contributed by atoms with Gasteiger partial charge in [-0.15, -0.1) is 0 Å². The summed E-state index contributed by atoms with van der Waals surface area (Å²) in [6.07, 6.45) is -5.07. The van der Waals surface area contributed by atoms with Gasteiger partial charge in [0, 0.05) is 67.5 Å². The van der Waals surface area contributed by atoms with E-state index in [-0.39, 0.29) is 65.7 Å². The zero-order valence-electron chi connectivity index (χ0n) is 38.7. The molecule has 0 radical (unpaired) electrons. The molecule has 4 aromatic carbocycles. The zero-order chi connectivity index (χ0) is 54.1. The van der Waals surface area contributed by atoms with Crippen molar-refractivity contribution in [3.8, 4) is 23.0 Å². The molecule has 4 aliphatic rings. The second kappa shape index (κ2) is 28.0. The third kappa shape index (κ3) is 19.3. The van der Waals surface area contributed by atoms with Crippen molar-refractivity contribution in [3.63, 3.8) is 0 Å². The number of alkyl halides is 3. The number of aliphatic carboxylic acids is 2. The van der Waals surface area contributed by atoms with Gasteiger partial charge in [0.25, 0.3) is 11.8 Å². The van der Waals surface area contributed by atoms with Gasteiger partial charge in [0.15, 0.2) is 18.5 Å². The Kier molecular flexibility index (Phi) is 22.2. The van der Waals surface area contributed by atoms with Crippen molar-refractivity contribution >= 4 is 87.3 Å². The Morgan fingerprint density at radius 3 is 1.80 bits per heavy atom. The summed E-state index contributed by atoms with van der Waals surface area (Å²) >= 11 is 23.0. The number of anilines is 2. The molecule has 0 aliphatic carbocycles. The molecule has 4 aliphatic heterocycles. The molecule has 0 bridgehead atoms. The normalized spacial score (nSPS) is 17.5. The number of amides is 2. The standard InChI is InChI=1S/C23H24Cl2FN3O4.C12H16ClFN4O2.C9H8ClNO3.C2HF3O2/c24-14-1-4-21-20(9-14)27-11-22(33-21)23(31)28-15-5-7-29(8-6-15)12-16(30)13-32-17-2-3-18(25)19(26)10-17;13-10-7-9(1-2-11(10)14)20-8-12(19)16-18-5-3-17(15)4-6-18;10-5-1-2-7-6(3-5)11-4-8(14-7)9(12)13;3-2(4,5)1(6)7/h1-4,9-10,15,22,27H,5-8,11-13H2,(H,28,31);1-2,7H,3-6,8,15H2,(H,16,19);1-3,8,11H,4H2,(H,12,13);(H,6,7). The lowest BCUT2D eigenvalue weighted by atomic mass is 10.0. The SMILES string of the molecule is NN1CCN(NC(=O)COc2ccc(F)c(Cl)c2)CC1.O=C(COc1ccc(Cl)c(F)c1)CN1CCC(NC(=O)C2CNc3cc(Cl)ccc3O2)CC1.O=C(O)C(F)(F)F.O=C(O)C1CNc2cc(Cl)ccc2O1. The molecule has 2 saturated heterocycles. The van der Waals surface area contributed by atoms with E-state index in [9.17, 15) is 41.1 Å². The highest BCUT2D eigenvalue weighted by Crippen LogP contribution is 2.33. The Hall–Kier alpha value is -6.12. The number of hydrogen-bond donors (Lipinski definition) is 7. The summed E-state index contributed by atoms with van der Waals surface area (Å²) in [6, 6.07) is 18.3. The van der Waals surface area contributed by atoms with Gasteiger partial charge in [0.2, 0.25) is 6.10 Å². The highest BCUT2D eigenvalue weighted by atomic mass is 35.5. The molecule has 2 unspecified atom stereocenters. The monoisotopic (exact) mass is 1120 g/mol. The van der Waals surface area contributed by atoms with E-state index >= 15 is 0 Å². The fraction of sp³-hybridized carbons (Fsp3) is 0.370. The number of ether oxygens (including phenoxy) is 4. The van der Waals surface area contributed by atoms with E-state index < -0.39 is 42.0 Å². The number of piperidine rings is 1. The minimum atomic E-state index is -5.08. The first-order valence-electron chi connectivity index (χ1n) is 22.2. The highest BCUT2D eigenvalue weighted by molar-refractivity contribution is 6.31. The van der Waals surface area contributed by atoms with E-state index in [1.165, 1.54) is 30.3 Å². The van der Waals surface area contributed by atoms with Crippen LogP contribution in [0.25, 0.3) is 0 Å². The number of ketones is 1. The van der Waals surface area contributed by atoms with Crippen molar-refractivity contribution in [2.24, 2.45) is 5.84 Å². The molecule has 4 aromatic rings. The number of likely N-dealkylation sites (tertiary alicyclic amines) is 1. The van der Waals surface area contributed by atoms with E-state index in [1.807, 2.05) is 4.90 Å². The largest absolute Gasteiger partial charge is 0.490 e. The minimum Gasteiger partial charge on any atom is -0.486 e. The Labute approximate surface area is 439 Å². The zero-order valence-corrected chi connectivity index (χ0v) is 41.8. The first-order valence-corrected chi connectivity index (χ1v) is 23.7. The number of carbonyl (C=O) groups is 5. The number of nitrogens with zero attached hydrogens (tertiary/aromatic N) is 3. The molecule has 0 spiro atoms. The second-order valence-electron chi connectivity index (χ2n) is 16.3. The molecule has 74 heavy (non-hydrogen) atoms. The molecule has 0 saturated carbocycles. The predicted octanol–water partition coefficient (Wildman–Crippen LogP) is 6.15. The Bertz CT molecular complexity index is 2600. The van der Waals surface area contributed by atoms with Gasteiger partial charge in [-0.2, -0.15) is 13.2 Å². The summed E-state index contributed by atoms with van der Waals surface area (Å²) in [4.78, 5) is 58.1. The van der Waals surface area contributed by atoms with Gasteiger partial charge in [-0.3, -0.25) is 30.6 Å². The fourth-order valence-electron chi connectivity index (χ4n) is 6.88. The topological polar surface area (TPSA) is 247 Å². The number of hydrazine groups is 2. The number of rotatable bonds is 12. The summed E-state index contributed by atoms with van der Waals surface area (Å²) in [5, 5.41) is 29.7. The van der Waals surface area contributed by atoms with Crippen LogP contribution in [0.2, 0.25) is 20.1 Å². The number of nitrogens with one attached hydrogen (secondary N) is 4. The quantitative estimate of drug-likeness (QED) is 0.0622. The second-order valence-corrected chi connectivity index (χ2v) is 18.0. The molecule has 2 fully saturated rings. The molecule has 19 nitrogen and oxygen atoms in total. The maximum absolute atomic E-state index is 13.5. The van der Waals surface area contributed by atoms with Crippen LogP contribution in [-0.2, 0) is 24.0 Å². The average molecular weight is 1130 g/mol. The van der Waals surface area contributed by atoms with E-state index in [2.05, 4.69) is 21.4 Å². The fourth-order valence-corrected chi connectivity index (χ4v) is 7.51. The maximum Gasteiger partial charge on any atom is 0.490 e. The van der Waals surface area contributed by atoms with Gasteiger partial charge < -0.3 is 45.1 Å². The number of piperazine rings is 1. The van der Waals surface area contributed by atoms with Crippen LogP contribution in [0.1, 0.15) is 12.8 Å². The molecule has 8 N–H and O–H groups in total. The summed E-state index contributed by atoms with van der Waals surface area (Å²) < 4.78 is 79.8. The summed E-state index contributed by atoms with van der Waals surface area (Å²) in [5.74, 6) is 1.95. The summed E-state index contributed by atoms with van der Waals surface area (Å²) in [6.45, 7) is 4.60. The van der Waals surface area contributed by atoms with Crippen molar-refractivity contribution in [1.29, 1.82) is 0 Å². The predicted molar refractivity (Wildman–Crippen MR) is 262 cm³/mol. The molecule has 28 heteroatoms. The van der Waals surface area contributed by atoms with Crippen LogP contribution in [-0.4, -0.2) is 151 Å². The number of carboxylic acids is 2. The first-order chi connectivity index (χ1) is 35.0. The lowest BCUT2D eigenvalue weighted by Gasteiger charge is -2.33. The highest BCUT2D eigenvalue weighted by Gasteiger charge is 2.38. The number of Topliss-reactive ketones (excluding diaryl/α,β-unsaturated/α-hetero) is 1. The van der Waals surface area contributed by atoms with Crippen molar-refractivity contribution in [3.05, 3.63) is 105 Å². The number of halogens is 9. The average Bonchev–Trinajstić information content (AvgIpc) is 3.36. The Balaban J connectivity index is 0.000000209. The van der Waals surface area contributed by atoms with Gasteiger partial charge in [-0.25, -0.2) is 28.4 Å². The van der Waals surface area contributed by atoms with Crippen LogP contribution in [0.4, 0.5) is 33.3 Å². The number of fused-ring (bicyclic) bond motifs is 2. The van der Waals surface area contributed by atoms with Gasteiger partial charge in [0.1, 0.15) is 41.2 Å². The smallest absolute Gasteiger partial charge is 0.486 e. The van der Waals surface area contributed by atoms with Gasteiger partial charge in [0.05, 0.1) is 41.1 Å². The lowest BCUT2D eigenvalue weighted by molar-refractivity contribution is -0.192. The number of hydrogen-bond acceptors (Lipinski definition) is 15. The lowest BCUT2D eigenvalue weighted by Crippen LogP contribution is -2.55. The van der Waals surface area contributed by atoms with E-state index in [0.717, 1.165) is 30.3 Å². The van der Waals surface area contributed by atoms with Crippen LogP contribution in [0.3, 0.4) is 0 Å². The molecular formula is C46H49Cl4F5N8O11. The van der Waals surface area contributed by atoms with Crippen molar-refractivity contribution in [1.82, 2.24) is 25.7 Å². The van der Waals surface area contributed by atoms with Gasteiger partial charge in [-0.05, 0) is 73.5 Å². The maximum atomic E-state index is 13.5. The third-order valence-electron chi connectivity index (χ3n) is 10.7. The molecule has 8 rings (SSSR count). The number of carboxylic acid groups (broad SMARTS) is 2. The molecule has 2 amide bonds. The van der Waals surface area contributed by atoms with Crippen LogP contribution >= 0.6 is 46.4 Å². The summed E-state index contributed by atoms with van der Waals surface area (Å²) in [5.41, 5.74) is 4.22. The number of carbonyl (C=O) groups excluding carboxylic acids is 3. The number of nitrogens with two attached hydrogens (primary N) is 1. The molecule has 0 aromatic heterocycles. The Morgan fingerprint density at radius 1 is 0.703 bits per heavy atom. The van der Waals surface area contributed by atoms with Crippen molar-refractivity contribution in [2.75, 3.05) is 82.8 Å². The molecule has 2 atom stereocenters. The van der Waals surface area contributed by atoms with Crippen LogP contribution in [0, 0.1) is 11.6 Å². The van der Waals surface area contributed by atoms with Crippen molar-refractivity contribution < 1.29 is 75.1 Å².